The van der Waals surface area contributed by atoms with E-state index in [2.05, 4.69) is 60.4 Å². The summed E-state index contributed by atoms with van der Waals surface area (Å²) in [6.45, 7) is 5.79. The summed E-state index contributed by atoms with van der Waals surface area (Å²) < 4.78 is 8.27. The summed E-state index contributed by atoms with van der Waals surface area (Å²) in [6.07, 6.45) is 8.22. The maximum Gasteiger partial charge on any atom is 0.137 e. The third-order valence-electron chi connectivity index (χ3n) is 8.70. The van der Waals surface area contributed by atoms with Gasteiger partial charge in [-0.25, -0.2) is 0 Å². The molecule has 0 amide bonds. The van der Waals surface area contributed by atoms with Gasteiger partial charge < -0.3 is 61.7 Å². The number of benzene rings is 1. The molecule has 1 aliphatic heterocycles. The Bertz CT molecular complexity index is 730. The van der Waals surface area contributed by atoms with Crippen LogP contribution in [0.2, 0.25) is 0 Å². The molecule has 0 radical (unpaired) electrons. The predicted octanol–water partition coefficient (Wildman–Crippen LogP) is -1.54. The summed E-state index contributed by atoms with van der Waals surface area (Å²) in [5.41, 5.74) is 3.69. The molecule has 1 aromatic rings. The molecule has 1 heterocycles. The number of likely N-dealkylation sites (tertiary alicyclic amines) is 1. The first-order valence-corrected chi connectivity index (χ1v) is 11.5. The van der Waals surface area contributed by atoms with E-state index in [0.717, 1.165) is 41.1 Å². The van der Waals surface area contributed by atoms with Gasteiger partial charge in [0.25, 0.3) is 0 Å². The topological polar surface area (TPSA) is 9.23 Å². The molecule has 4 rings (SSSR count). The third-order valence-corrected chi connectivity index (χ3v) is 8.70. The van der Waals surface area contributed by atoms with Gasteiger partial charge in [-0.1, -0.05) is 6.07 Å². The van der Waals surface area contributed by atoms with Crippen molar-refractivity contribution < 1.29 is 61.7 Å². The third kappa shape index (κ3) is 4.98. The van der Waals surface area contributed by atoms with Crippen LogP contribution in [0.3, 0.4) is 0 Å². The summed E-state index contributed by atoms with van der Waals surface area (Å²) in [5.74, 6) is 3.62. The fraction of sp³-hybridized carbons (Fsp3) is 0.760. The molecule has 5 heteroatoms. The van der Waals surface area contributed by atoms with Crippen LogP contribution in [0.15, 0.2) is 18.2 Å². The number of piperidine rings is 1. The molecule has 0 unspecified atom stereocenters. The van der Waals surface area contributed by atoms with Gasteiger partial charge in [-0.15, -0.1) is 0 Å². The molecule has 2 aliphatic carbocycles. The van der Waals surface area contributed by atoms with Crippen molar-refractivity contribution in [3.8, 4) is 5.75 Å². The molecule has 172 valence electrons. The average molecular weight is 640 g/mol. The second-order valence-corrected chi connectivity index (χ2v) is 11.6. The summed E-state index contributed by atoms with van der Waals surface area (Å²) in [6, 6.07) is 7.01. The molecule has 0 bridgehead atoms. The number of hydrogen-bond donors (Lipinski definition) is 0. The highest BCUT2D eigenvalue weighted by Crippen LogP contribution is 2.57. The molecule has 0 N–H and O–H groups in total. The first-order valence-electron chi connectivity index (χ1n) is 11.5. The molecule has 1 saturated carbocycles. The van der Waals surface area contributed by atoms with E-state index in [1.807, 2.05) is 0 Å². The Morgan fingerprint density at radius 3 is 2.53 bits per heavy atom. The minimum Gasteiger partial charge on any atom is -1.00 e. The van der Waals surface area contributed by atoms with Crippen molar-refractivity contribution in [2.45, 2.75) is 56.9 Å². The molecule has 30 heavy (non-hydrogen) atoms. The average Bonchev–Trinajstić information content (AvgIpc) is 2.61. The molecular formula is C25H42I2N2O. The van der Waals surface area contributed by atoms with E-state index in [-0.39, 0.29) is 48.0 Å². The maximum atomic E-state index is 6.10. The van der Waals surface area contributed by atoms with Gasteiger partial charge in [0, 0.05) is 12.3 Å². The van der Waals surface area contributed by atoms with Gasteiger partial charge in [0.2, 0.25) is 0 Å². The van der Waals surface area contributed by atoms with Crippen molar-refractivity contribution in [2.75, 3.05) is 54.9 Å². The van der Waals surface area contributed by atoms with Crippen LogP contribution in [0, 0.1) is 11.8 Å². The largest absolute Gasteiger partial charge is 1.00 e. The Morgan fingerprint density at radius 1 is 1.10 bits per heavy atom. The summed E-state index contributed by atoms with van der Waals surface area (Å²) in [5, 5.41) is 0. The SMILES string of the molecule is C[C@]12CC[C@@H]3c4ccc(OCC[N+](C)(C)C)cc4CC[C@H]3[C@@H]1CCC[N+]2(C)C.[I-].[I-]. The number of likely N-dealkylation sites (N-methyl/N-ethyl adjacent to an activating group) is 1. The minimum absolute atomic E-state index is 0. The zero-order valence-electron chi connectivity index (χ0n) is 19.9. The first-order chi connectivity index (χ1) is 13.1. The number of fused-ring (bicyclic) bond motifs is 5. The lowest BCUT2D eigenvalue weighted by molar-refractivity contribution is -0.952. The van der Waals surface area contributed by atoms with Crippen molar-refractivity contribution in [1.29, 1.82) is 0 Å². The Morgan fingerprint density at radius 2 is 1.83 bits per heavy atom. The smallest absolute Gasteiger partial charge is 0.137 e. The van der Waals surface area contributed by atoms with Crippen LogP contribution in [0.4, 0.5) is 0 Å². The molecule has 3 aliphatic rings. The normalized spacial score (nSPS) is 31.9. The molecule has 0 aromatic heterocycles. The van der Waals surface area contributed by atoms with Crippen LogP contribution in [-0.4, -0.2) is 69.4 Å². The fourth-order valence-corrected chi connectivity index (χ4v) is 6.63. The second-order valence-electron chi connectivity index (χ2n) is 11.6. The van der Waals surface area contributed by atoms with Gasteiger partial charge in [-0.3, -0.25) is 0 Å². The summed E-state index contributed by atoms with van der Waals surface area (Å²) in [4.78, 5) is 0. The Labute approximate surface area is 219 Å². The van der Waals surface area contributed by atoms with Gasteiger partial charge in [0.1, 0.15) is 18.9 Å². The Balaban J connectivity index is 0.00000160. The van der Waals surface area contributed by atoms with Crippen LogP contribution < -0.4 is 52.7 Å². The molecule has 0 spiro atoms. The number of rotatable bonds is 4. The van der Waals surface area contributed by atoms with Crippen molar-refractivity contribution >= 4 is 0 Å². The lowest BCUT2D eigenvalue weighted by atomic mass is 9.54. The first kappa shape index (κ1) is 26.7. The zero-order chi connectivity index (χ0) is 20.2. The van der Waals surface area contributed by atoms with E-state index in [9.17, 15) is 0 Å². The molecule has 1 saturated heterocycles. The second kappa shape index (κ2) is 9.72. The van der Waals surface area contributed by atoms with Crippen LogP contribution in [0.5, 0.6) is 5.75 Å². The number of hydrogen-bond acceptors (Lipinski definition) is 1. The zero-order valence-corrected chi connectivity index (χ0v) is 24.2. The molecular weight excluding hydrogens is 598 g/mol. The van der Waals surface area contributed by atoms with Gasteiger partial charge in [-0.2, -0.15) is 0 Å². The van der Waals surface area contributed by atoms with Crippen LogP contribution in [0.25, 0.3) is 0 Å². The van der Waals surface area contributed by atoms with E-state index in [1.54, 1.807) is 11.1 Å². The molecule has 3 nitrogen and oxygen atoms in total. The highest BCUT2D eigenvalue weighted by atomic mass is 127. The molecule has 4 atom stereocenters. The van der Waals surface area contributed by atoms with Crippen molar-refractivity contribution in [3.05, 3.63) is 29.3 Å². The Kier molecular flexibility index (Phi) is 8.63. The van der Waals surface area contributed by atoms with E-state index < -0.39 is 0 Å². The summed E-state index contributed by atoms with van der Waals surface area (Å²) >= 11 is 0. The van der Waals surface area contributed by atoms with Gasteiger partial charge in [0.05, 0.1) is 47.3 Å². The summed E-state index contributed by atoms with van der Waals surface area (Å²) in [7, 11) is 11.6. The van der Waals surface area contributed by atoms with Crippen LogP contribution in [-0.2, 0) is 6.42 Å². The van der Waals surface area contributed by atoms with Crippen molar-refractivity contribution in [1.82, 2.24) is 0 Å². The van der Waals surface area contributed by atoms with Crippen LogP contribution in [0.1, 0.15) is 56.1 Å². The number of aryl methyl sites for hydroxylation is 1. The molecule has 1 aromatic carbocycles. The lowest BCUT2D eigenvalue weighted by Crippen LogP contribution is -3.00. The highest BCUT2D eigenvalue weighted by molar-refractivity contribution is 5.40. The standard InChI is InChI=1S/C25H42N2O.2HI/c1-25-14-13-22-21-12-10-20(28-17-16-26(2,3)4)18-19(21)9-11-23(22)24(25)8-7-15-27(25,5)6;;/h10,12,18,22-24H,7-9,11,13-17H2,1-6H3;2*1H/q+2;;/p-2/t22-,23-,24+,25+;;/m1../s1. The number of halogens is 2. The van der Waals surface area contributed by atoms with Crippen molar-refractivity contribution in [2.24, 2.45) is 11.8 Å². The van der Waals surface area contributed by atoms with Gasteiger partial charge in [0.15, 0.2) is 0 Å². The lowest BCUT2D eigenvalue weighted by Gasteiger charge is -2.60. The number of ether oxygens (including phenoxy) is 1. The van der Waals surface area contributed by atoms with E-state index in [0.29, 0.717) is 5.54 Å². The molecule has 2 fully saturated rings. The maximum absolute atomic E-state index is 6.10. The monoisotopic (exact) mass is 640 g/mol. The van der Waals surface area contributed by atoms with E-state index >= 15 is 0 Å². The highest BCUT2D eigenvalue weighted by Gasteiger charge is 2.57. The van der Waals surface area contributed by atoms with Crippen LogP contribution >= 0.6 is 0 Å². The van der Waals surface area contributed by atoms with E-state index in [1.165, 1.54) is 49.6 Å². The number of quaternary nitrogens is 2. The van der Waals surface area contributed by atoms with Crippen molar-refractivity contribution in [3.63, 3.8) is 0 Å². The Hall–Kier alpha value is 0.400. The fourth-order valence-electron chi connectivity index (χ4n) is 6.63. The van der Waals surface area contributed by atoms with Gasteiger partial charge >= 0.3 is 0 Å². The minimum atomic E-state index is 0. The van der Waals surface area contributed by atoms with E-state index in [4.69, 9.17) is 4.74 Å². The quantitative estimate of drug-likeness (QED) is 0.287. The van der Waals surface area contributed by atoms with Gasteiger partial charge in [-0.05, 0) is 74.1 Å². The predicted molar refractivity (Wildman–Crippen MR) is 117 cm³/mol. The number of nitrogens with zero attached hydrogens (tertiary/aromatic N) is 2.